The van der Waals surface area contributed by atoms with Crippen LogP contribution in [-0.2, 0) is 9.47 Å². The summed E-state index contributed by atoms with van der Waals surface area (Å²) >= 11 is 0. The van der Waals surface area contributed by atoms with Gasteiger partial charge in [0.1, 0.15) is 0 Å². The number of aliphatic hydroxyl groups is 1. The molecule has 0 bridgehead atoms. The van der Waals surface area contributed by atoms with E-state index >= 15 is 0 Å². The van der Waals surface area contributed by atoms with E-state index in [1.54, 1.807) is 14.0 Å². The number of aliphatic hydroxyl groups excluding tert-OH is 1. The normalized spacial score (nSPS) is 44.8. The van der Waals surface area contributed by atoms with E-state index in [4.69, 9.17) is 9.47 Å². The molecule has 1 rings (SSSR count). The summed E-state index contributed by atoms with van der Waals surface area (Å²) in [6.07, 6.45) is -0.290. The summed E-state index contributed by atoms with van der Waals surface area (Å²) in [5, 5.41) is 9.37. The fraction of sp³-hybridized carbons (Fsp3) is 1.00. The van der Waals surface area contributed by atoms with E-state index < -0.39 is 6.10 Å². The number of ether oxygens (including phenoxy) is 2. The summed E-state index contributed by atoms with van der Waals surface area (Å²) in [5.74, 6) is 0.269. The van der Waals surface area contributed by atoms with Crippen molar-refractivity contribution < 1.29 is 14.6 Å². The van der Waals surface area contributed by atoms with Gasteiger partial charge >= 0.3 is 0 Å². The number of rotatable bonds is 2. The Morgan fingerprint density at radius 1 is 1.42 bits per heavy atom. The van der Waals surface area contributed by atoms with Gasteiger partial charge in [0.25, 0.3) is 0 Å². The monoisotopic (exact) mass is 174 g/mol. The molecule has 0 amide bonds. The maximum absolute atomic E-state index is 9.37. The molecule has 1 aliphatic heterocycles. The lowest BCUT2D eigenvalue weighted by Crippen LogP contribution is -2.31. The second-order valence-electron chi connectivity index (χ2n) is 3.61. The van der Waals surface area contributed by atoms with E-state index in [1.807, 2.05) is 6.92 Å². The van der Waals surface area contributed by atoms with E-state index in [-0.39, 0.29) is 24.2 Å². The topological polar surface area (TPSA) is 38.7 Å². The molecule has 0 aromatic carbocycles. The lowest BCUT2D eigenvalue weighted by atomic mass is 9.96. The molecular formula is C9H18O3. The van der Waals surface area contributed by atoms with Gasteiger partial charge in [-0.05, 0) is 13.8 Å². The summed E-state index contributed by atoms with van der Waals surface area (Å²) in [5.41, 5.74) is 0. The molecule has 1 N–H and O–H groups in total. The van der Waals surface area contributed by atoms with Crippen molar-refractivity contribution in [2.45, 2.75) is 45.2 Å². The number of methoxy groups -OCH3 is 1. The number of hydrogen-bond acceptors (Lipinski definition) is 3. The lowest BCUT2D eigenvalue weighted by Gasteiger charge is -2.19. The van der Waals surface area contributed by atoms with Gasteiger partial charge in [0.05, 0.1) is 24.4 Å². The Kier molecular flexibility index (Phi) is 3.09. The SMILES string of the molecule is COC1[C@H](C)O[C@H]([C@@H](C)O)[C@@H]1C. The smallest absolute Gasteiger partial charge is 0.0887 e. The minimum Gasteiger partial charge on any atom is -0.391 e. The predicted octanol–water partition coefficient (Wildman–Crippen LogP) is 0.806. The molecule has 3 nitrogen and oxygen atoms in total. The highest BCUT2D eigenvalue weighted by Gasteiger charge is 2.41. The van der Waals surface area contributed by atoms with E-state index in [9.17, 15) is 5.11 Å². The van der Waals surface area contributed by atoms with Gasteiger partial charge in [-0.25, -0.2) is 0 Å². The summed E-state index contributed by atoms with van der Waals surface area (Å²) < 4.78 is 10.8. The minimum atomic E-state index is -0.414. The van der Waals surface area contributed by atoms with Crippen molar-refractivity contribution in [2.75, 3.05) is 7.11 Å². The van der Waals surface area contributed by atoms with Gasteiger partial charge in [0.15, 0.2) is 0 Å². The zero-order chi connectivity index (χ0) is 9.30. The Bertz CT molecular complexity index is 147. The third-order valence-corrected chi connectivity index (χ3v) is 2.62. The molecule has 3 heteroatoms. The lowest BCUT2D eigenvalue weighted by molar-refractivity contribution is -0.0380. The Morgan fingerprint density at radius 2 is 2.00 bits per heavy atom. The van der Waals surface area contributed by atoms with Crippen LogP contribution in [0.25, 0.3) is 0 Å². The van der Waals surface area contributed by atoms with Crippen LogP contribution in [0.15, 0.2) is 0 Å². The summed E-state index contributed by atoms with van der Waals surface area (Å²) in [6, 6.07) is 0. The van der Waals surface area contributed by atoms with Crippen LogP contribution in [0.3, 0.4) is 0 Å². The van der Waals surface area contributed by atoms with Crippen molar-refractivity contribution in [1.82, 2.24) is 0 Å². The highest BCUT2D eigenvalue weighted by atomic mass is 16.6. The Labute approximate surface area is 73.7 Å². The highest BCUT2D eigenvalue weighted by Crippen LogP contribution is 2.30. The molecule has 0 spiro atoms. The quantitative estimate of drug-likeness (QED) is 0.673. The molecule has 1 saturated heterocycles. The standard InChI is InChI=1S/C9H18O3/c1-5-8(6(2)10)12-7(3)9(5)11-4/h5-10H,1-4H3/t5-,6+,7-,8-,9?/m0/s1. The third-order valence-electron chi connectivity index (χ3n) is 2.62. The average Bonchev–Trinajstić information content (AvgIpc) is 2.27. The van der Waals surface area contributed by atoms with Gasteiger partial charge in [-0.15, -0.1) is 0 Å². The van der Waals surface area contributed by atoms with Crippen LogP contribution in [0, 0.1) is 5.92 Å². The van der Waals surface area contributed by atoms with E-state index in [0.717, 1.165) is 0 Å². The molecular weight excluding hydrogens is 156 g/mol. The van der Waals surface area contributed by atoms with Crippen molar-refractivity contribution in [3.8, 4) is 0 Å². The van der Waals surface area contributed by atoms with Gasteiger partial charge in [0.2, 0.25) is 0 Å². The molecule has 1 heterocycles. The molecule has 72 valence electrons. The largest absolute Gasteiger partial charge is 0.391 e. The first-order chi connectivity index (χ1) is 5.57. The summed E-state index contributed by atoms with van der Waals surface area (Å²) in [7, 11) is 1.69. The molecule has 0 aliphatic carbocycles. The first kappa shape index (κ1) is 9.96. The van der Waals surface area contributed by atoms with Crippen molar-refractivity contribution in [3.63, 3.8) is 0 Å². The second kappa shape index (κ2) is 3.73. The van der Waals surface area contributed by atoms with E-state index in [2.05, 4.69) is 6.92 Å². The molecule has 0 aromatic rings. The molecule has 1 aliphatic rings. The predicted molar refractivity (Wildman–Crippen MR) is 46.0 cm³/mol. The third kappa shape index (κ3) is 1.63. The van der Waals surface area contributed by atoms with Crippen LogP contribution < -0.4 is 0 Å². The van der Waals surface area contributed by atoms with Crippen LogP contribution in [0.4, 0.5) is 0 Å². The molecule has 0 radical (unpaired) electrons. The average molecular weight is 174 g/mol. The maximum Gasteiger partial charge on any atom is 0.0887 e. The summed E-state index contributed by atoms with van der Waals surface area (Å²) in [4.78, 5) is 0. The molecule has 12 heavy (non-hydrogen) atoms. The minimum absolute atomic E-state index is 0.0788. The van der Waals surface area contributed by atoms with Crippen molar-refractivity contribution in [1.29, 1.82) is 0 Å². The first-order valence-electron chi connectivity index (χ1n) is 4.44. The fourth-order valence-electron chi connectivity index (χ4n) is 2.02. The fourth-order valence-corrected chi connectivity index (χ4v) is 2.02. The maximum atomic E-state index is 9.37. The zero-order valence-corrected chi connectivity index (χ0v) is 8.15. The molecule has 1 unspecified atom stereocenters. The van der Waals surface area contributed by atoms with Crippen LogP contribution in [0.1, 0.15) is 20.8 Å². The second-order valence-corrected chi connectivity index (χ2v) is 3.61. The Balaban J connectivity index is 2.62. The zero-order valence-electron chi connectivity index (χ0n) is 8.15. The molecule has 1 fully saturated rings. The van der Waals surface area contributed by atoms with Gasteiger partial charge in [0, 0.05) is 13.0 Å². The van der Waals surface area contributed by atoms with E-state index in [0.29, 0.717) is 0 Å². The van der Waals surface area contributed by atoms with Gasteiger partial charge in [-0.2, -0.15) is 0 Å². The van der Waals surface area contributed by atoms with Crippen LogP contribution in [0.5, 0.6) is 0 Å². The van der Waals surface area contributed by atoms with Crippen molar-refractivity contribution >= 4 is 0 Å². The highest BCUT2D eigenvalue weighted by molar-refractivity contribution is 4.89. The molecule has 0 saturated carbocycles. The summed E-state index contributed by atoms with van der Waals surface area (Å²) in [6.45, 7) is 5.79. The first-order valence-corrected chi connectivity index (χ1v) is 4.44. The van der Waals surface area contributed by atoms with Gasteiger partial charge in [-0.1, -0.05) is 6.92 Å². The van der Waals surface area contributed by atoms with Crippen molar-refractivity contribution in [3.05, 3.63) is 0 Å². The number of hydrogen-bond donors (Lipinski definition) is 1. The Morgan fingerprint density at radius 3 is 2.25 bits per heavy atom. The van der Waals surface area contributed by atoms with Gasteiger partial charge < -0.3 is 14.6 Å². The molecule has 5 atom stereocenters. The van der Waals surface area contributed by atoms with E-state index in [1.165, 1.54) is 0 Å². The van der Waals surface area contributed by atoms with Crippen LogP contribution >= 0.6 is 0 Å². The van der Waals surface area contributed by atoms with Gasteiger partial charge in [-0.3, -0.25) is 0 Å². The Hall–Kier alpha value is -0.120. The van der Waals surface area contributed by atoms with Crippen molar-refractivity contribution in [2.24, 2.45) is 5.92 Å². The van der Waals surface area contributed by atoms with Crippen LogP contribution in [-0.4, -0.2) is 36.6 Å². The molecule has 0 aromatic heterocycles. The van der Waals surface area contributed by atoms with Crippen LogP contribution in [0.2, 0.25) is 0 Å².